The summed E-state index contributed by atoms with van der Waals surface area (Å²) >= 11 is 0. The molecule has 1 aromatic heterocycles. The second kappa shape index (κ2) is 8.30. The van der Waals surface area contributed by atoms with E-state index in [0.717, 1.165) is 11.3 Å². The first-order valence-electron chi connectivity index (χ1n) is 9.44. The van der Waals surface area contributed by atoms with Crippen molar-refractivity contribution in [1.82, 2.24) is 9.88 Å². The van der Waals surface area contributed by atoms with Crippen molar-refractivity contribution in [3.63, 3.8) is 0 Å². The van der Waals surface area contributed by atoms with Crippen LogP contribution < -0.4 is 10.1 Å². The maximum atomic E-state index is 12.6. The number of para-hydroxylation sites is 1. The largest absolute Gasteiger partial charge is 0.497 e. The molecule has 1 N–H and O–H groups in total. The molecule has 0 unspecified atom stereocenters. The lowest BCUT2D eigenvalue weighted by Crippen LogP contribution is -2.28. The Kier molecular flexibility index (Phi) is 5.84. The number of aryl methyl sites for hydroxylation is 1. The van der Waals surface area contributed by atoms with Gasteiger partial charge in [-0.1, -0.05) is 44.2 Å². The molecule has 142 valence electrons. The molecule has 4 heteroatoms. The number of methoxy groups -OCH3 is 1. The third kappa shape index (κ3) is 4.33. The van der Waals surface area contributed by atoms with Crippen molar-refractivity contribution in [2.45, 2.75) is 26.2 Å². The highest BCUT2D eigenvalue weighted by Crippen LogP contribution is 2.35. The van der Waals surface area contributed by atoms with Crippen LogP contribution in [0.15, 0.2) is 54.7 Å². The highest BCUT2D eigenvalue weighted by molar-refractivity contribution is 5.86. The lowest BCUT2D eigenvalue weighted by molar-refractivity contribution is -0.121. The number of benzene rings is 2. The van der Waals surface area contributed by atoms with Crippen LogP contribution in [0.2, 0.25) is 0 Å². The van der Waals surface area contributed by atoms with E-state index in [0.29, 0.717) is 18.9 Å². The highest BCUT2D eigenvalue weighted by Gasteiger charge is 2.22. The van der Waals surface area contributed by atoms with Crippen LogP contribution in [0.4, 0.5) is 0 Å². The Morgan fingerprint density at radius 1 is 1.11 bits per heavy atom. The van der Waals surface area contributed by atoms with Crippen LogP contribution in [-0.2, 0) is 11.8 Å². The van der Waals surface area contributed by atoms with Crippen molar-refractivity contribution < 1.29 is 9.53 Å². The van der Waals surface area contributed by atoms with Gasteiger partial charge in [0.25, 0.3) is 0 Å². The van der Waals surface area contributed by atoms with Gasteiger partial charge < -0.3 is 14.6 Å². The molecule has 0 bridgehead atoms. The first-order chi connectivity index (χ1) is 13.0. The number of rotatable bonds is 7. The van der Waals surface area contributed by atoms with E-state index in [1.54, 1.807) is 7.11 Å². The van der Waals surface area contributed by atoms with Crippen LogP contribution in [0.5, 0.6) is 5.75 Å². The number of nitrogens with zero attached hydrogens (tertiary/aromatic N) is 1. The van der Waals surface area contributed by atoms with Gasteiger partial charge in [0.2, 0.25) is 5.91 Å². The van der Waals surface area contributed by atoms with Gasteiger partial charge in [0, 0.05) is 43.0 Å². The number of carbonyl (C=O) groups is 1. The Hall–Kier alpha value is -2.75. The normalized spacial score (nSPS) is 12.3. The molecule has 0 fully saturated rings. The molecule has 3 aromatic rings. The van der Waals surface area contributed by atoms with E-state index in [1.807, 2.05) is 18.2 Å². The zero-order valence-corrected chi connectivity index (χ0v) is 16.5. The summed E-state index contributed by atoms with van der Waals surface area (Å²) in [6.45, 7) is 4.90. The predicted octanol–water partition coefficient (Wildman–Crippen LogP) is 4.48. The van der Waals surface area contributed by atoms with Crippen molar-refractivity contribution in [2.24, 2.45) is 13.0 Å². The molecule has 0 aliphatic rings. The van der Waals surface area contributed by atoms with Crippen molar-refractivity contribution >= 4 is 16.8 Å². The number of hydrogen-bond acceptors (Lipinski definition) is 2. The van der Waals surface area contributed by atoms with E-state index >= 15 is 0 Å². The Labute approximate surface area is 161 Å². The minimum Gasteiger partial charge on any atom is -0.497 e. The fraction of sp³-hybridized carbons (Fsp3) is 0.348. The first-order valence-corrected chi connectivity index (χ1v) is 9.44. The third-order valence-electron chi connectivity index (χ3n) is 4.92. The molecule has 0 radical (unpaired) electrons. The number of carbonyl (C=O) groups excluding carboxylic acids is 1. The SMILES string of the molecule is COc1ccc([C@@H](CC(=O)NCC(C)C)c2cn(C)c3ccccc23)cc1. The molecule has 1 heterocycles. The van der Waals surface area contributed by atoms with Gasteiger partial charge in [0.1, 0.15) is 5.75 Å². The number of fused-ring (bicyclic) bond motifs is 1. The molecule has 1 amide bonds. The highest BCUT2D eigenvalue weighted by atomic mass is 16.5. The zero-order valence-electron chi connectivity index (χ0n) is 16.5. The molecule has 0 saturated heterocycles. The average molecular weight is 364 g/mol. The van der Waals surface area contributed by atoms with E-state index in [-0.39, 0.29) is 11.8 Å². The van der Waals surface area contributed by atoms with Crippen LogP contribution in [-0.4, -0.2) is 24.1 Å². The number of hydrogen-bond donors (Lipinski definition) is 1. The summed E-state index contributed by atoms with van der Waals surface area (Å²) in [4.78, 5) is 12.6. The minimum atomic E-state index is -0.00540. The van der Waals surface area contributed by atoms with Gasteiger partial charge in [0.15, 0.2) is 0 Å². The van der Waals surface area contributed by atoms with Gasteiger partial charge in [-0.05, 0) is 35.2 Å². The average Bonchev–Trinajstić information content (AvgIpc) is 3.01. The third-order valence-corrected chi connectivity index (χ3v) is 4.92. The molecular formula is C23H28N2O2. The van der Waals surface area contributed by atoms with E-state index in [9.17, 15) is 4.79 Å². The number of nitrogens with one attached hydrogen (secondary N) is 1. The summed E-state index contributed by atoms with van der Waals surface area (Å²) in [5.41, 5.74) is 3.47. The van der Waals surface area contributed by atoms with Crippen molar-refractivity contribution in [2.75, 3.05) is 13.7 Å². The van der Waals surface area contributed by atoms with E-state index in [1.165, 1.54) is 16.5 Å². The molecule has 3 rings (SSSR count). The maximum absolute atomic E-state index is 12.6. The molecule has 4 nitrogen and oxygen atoms in total. The number of aromatic nitrogens is 1. The molecule has 0 aliphatic carbocycles. The van der Waals surface area contributed by atoms with Crippen LogP contribution >= 0.6 is 0 Å². The molecular weight excluding hydrogens is 336 g/mol. The van der Waals surface area contributed by atoms with Crippen molar-refractivity contribution in [3.05, 3.63) is 65.9 Å². The summed E-state index contributed by atoms with van der Waals surface area (Å²) in [7, 11) is 3.71. The number of ether oxygens (including phenoxy) is 1. The quantitative estimate of drug-likeness (QED) is 0.672. The summed E-state index contributed by atoms with van der Waals surface area (Å²) in [5.74, 6) is 1.33. The minimum absolute atomic E-state index is 0.00540. The Morgan fingerprint density at radius 2 is 1.81 bits per heavy atom. The summed E-state index contributed by atoms with van der Waals surface area (Å²) in [6.07, 6.45) is 2.57. The Bertz CT molecular complexity index is 910. The van der Waals surface area contributed by atoms with E-state index in [4.69, 9.17) is 4.74 Å². The standard InChI is InChI=1S/C23H28N2O2/c1-16(2)14-24-23(26)13-20(17-9-11-18(27-4)12-10-17)21-15-25(3)22-8-6-5-7-19(21)22/h5-12,15-16,20H,13-14H2,1-4H3,(H,24,26)/t20-/m1/s1. The van der Waals surface area contributed by atoms with Gasteiger partial charge in [-0.2, -0.15) is 0 Å². The molecule has 27 heavy (non-hydrogen) atoms. The smallest absolute Gasteiger partial charge is 0.220 e. The first kappa shape index (κ1) is 19.0. The zero-order chi connectivity index (χ0) is 19.4. The van der Waals surface area contributed by atoms with Crippen molar-refractivity contribution in [1.29, 1.82) is 0 Å². The summed E-state index contributed by atoms with van der Waals surface area (Å²) < 4.78 is 7.42. The predicted molar refractivity (Wildman–Crippen MR) is 110 cm³/mol. The van der Waals surface area contributed by atoms with Gasteiger partial charge in [-0.3, -0.25) is 4.79 Å². The topological polar surface area (TPSA) is 43.3 Å². The molecule has 0 aliphatic heterocycles. The second-order valence-electron chi connectivity index (χ2n) is 7.44. The van der Waals surface area contributed by atoms with Gasteiger partial charge in [-0.15, -0.1) is 0 Å². The second-order valence-corrected chi connectivity index (χ2v) is 7.44. The van der Waals surface area contributed by atoms with Crippen LogP contribution in [0.3, 0.4) is 0 Å². The van der Waals surface area contributed by atoms with E-state index in [2.05, 4.69) is 67.3 Å². The van der Waals surface area contributed by atoms with Gasteiger partial charge >= 0.3 is 0 Å². The summed E-state index contributed by atoms with van der Waals surface area (Å²) in [5, 5.41) is 4.25. The lowest BCUT2D eigenvalue weighted by Gasteiger charge is -2.18. The fourth-order valence-electron chi connectivity index (χ4n) is 3.47. The van der Waals surface area contributed by atoms with Gasteiger partial charge in [-0.25, -0.2) is 0 Å². The van der Waals surface area contributed by atoms with Crippen LogP contribution in [0.1, 0.15) is 37.3 Å². The summed E-state index contributed by atoms with van der Waals surface area (Å²) in [6, 6.07) is 16.4. The van der Waals surface area contributed by atoms with Gasteiger partial charge in [0.05, 0.1) is 7.11 Å². The Morgan fingerprint density at radius 3 is 2.48 bits per heavy atom. The monoisotopic (exact) mass is 364 g/mol. The molecule has 1 atom stereocenters. The number of amides is 1. The maximum Gasteiger partial charge on any atom is 0.220 e. The fourth-order valence-corrected chi connectivity index (χ4v) is 3.47. The van der Waals surface area contributed by atoms with Crippen LogP contribution in [0.25, 0.3) is 10.9 Å². The van der Waals surface area contributed by atoms with E-state index < -0.39 is 0 Å². The molecule has 2 aromatic carbocycles. The van der Waals surface area contributed by atoms with Crippen LogP contribution in [0, 0.1) is 5.92 Å². The molecule has 0 spiro atoms. The van der Waals surface area contributed by atoms with Crippen molar-refractivity contribution in [3.8, 4) is 5.75 Å². The molecule has 0 saturated carbocycles. The Balaban J connectivity index is 1.99. The lowest BCUT2D eigenvalue weighted by atomic mass is 9.88.